The Kier molecular flexibility index (Phi) is 6.55. The molecule has 23 heavy (non-hydrogen) atoms. The number of nitrogens with one attached hydrogen (secondary N) is 2. The molecule has 0 spiro atoms. The second-order valence-electron chi connectivity index (χ2n) is 6.02. The van der Waals surface area contributed by atoms with Crippen LogP contribution in [0.2, 0.25) is 0 Å². The Bertz CT molecular complexity index is 539. The Morgan fingerprint density at radius 3 is 2.48 bits per heavy atom. The van der Waals surface area contributed by atoms with E-state index in [9.17, 15) is 9.59 Å². The fourth-order valence-electron chi connectivity index (χ4n) is 2.55. The maximum absolute atomic E-state index is 11.9. The van der Waals surface area contributed by atoms with Crippen LogP contribution in [0.4, 0.5) is 5.69 Å². The fourth-order valence-corrected chi connectivity index (χ4v) is 2.55. The van der Waals surface area contributed by atoms with Crippen LogP contribution in [0, 0.1) is 6.92 Å². The summed E-state index contributed by atoms with van der Waals surface area (Å²) in [5.74, 6) is -1.19. The molecular formula is C17H26N4O2. The number of hydrogen-bond acceptors (Lipinski definition) is 4. The molecule has 1 saturated heterocycles. The molecule has 0 atom stereocenters. The molecular weight excluding hydrogens is 292 g/mol. The van der Waals surface area contributed by atoms with Crippen molar-refractivity contribution in [3.8, 4) is 0 Å². The summed E-state index contributed by atoms with van der Waals surface area (Å²) in [5.41, 5.74) is 1.61. The first-order chi connectivity index (χ1) is 11.1. The lowest BCUT2D eigenvalue weighted by Crippen LogP contribution is -2.45. The van der Waals surface area contributed by atoms with Gasteiger partial charge in [0, 0.05) is 38.4 Å². The van der Waals surface area contributed by atoms with Gasteiger partial charge in [-0.25, -0.2) is 0 Å². The topological polar surface area (TPSA) is 64.7 Å². The smallest absolute Gasteiger partial charge is 0.313 e. The van der Waals surface area contributed by atoms with Crippen molar-refractivity contribution < 1.29 is 9.59 Å². The van der Waals surface area contributed by atoms with E-state index >= 15 is 0 Å². The molecule has 2 amide bonds. The highest BCUT2D eigenvalue weighted by molar-refractivity contribution is 6.39. The van der Waals surface area contributed by atoms with Crippen LogP contribution in [0.15, 0.2) is 24.3 Å². The van der Waals surface area contributed by atoms with Crippen LogP contribution < -0.4 is 10.6 Å². The fraction of sp³-hybridized carbons (Fsp3) is 0.529. The van der Waals surface area contributed by atoms with Gasteiger partial charge < -0.3 is 20.4 Å². The van der Waals surface area contributed by atoms with Crippen LogP contribution in [-0.4, -0.2) is 67.9 Å². The Balaban J connectivity index is 1.64. The molecule has 2 N–H and O–H groups in total. The predicted molar refractivity (Wildman–Crippen MR) is 91.4 cm³/mol. The first kappa shape index (κ1) is 17.4. The number of piperazine rings is 1. The van der Waals surface area contributed by atoms with Gasteiger partial charge in [-0.15, -0.1) is 0 Å². The predicted octanol–water partition coefficient (Wildman–Crippen LogP) is 0.687. The van der Waals surface area contributed by atoms with Gasteiger partial charge in [-0.05, 0) is 38.6 Å². The van der Waals surface area contributed by atoms with Crippen LogP contribution in [0.3, 0.4) is 0 Å². The molecule has 2 rings (SSSR count). The van der Waals surface area contributed by atoms with Gasteiger partial charge in [-0.2, -0.15) is 0 Å². The Labute approximate surface area is 137 Å². The van der Waals surface area contributed by atoms with E-state index in [2.05, 4.69) is 27.5 Å². The minimum atomic E-state index is -0.612. The Morgan fingerprint density at radius 1 is 1.09 bits per heavy atom. The van der Waals surface area contributed by atoms with E-state index in [1.165, 1.54) is 0 Å². The maximum Gasteiger partial charge on any atom is 0.313 e. The summed E-state index contributed by atoms with van der Waals surface area (Å²) in [6.07, 6.45) is 0.854. The summed E-state index contributed by atoms with van der Waals surface area (Å²) < 4.78 is 0. The molecule has 6 nitrogen and oxygen atoms in total. The van der Waals surface area contributed by atoms with Crippen LogP contribution >= 0.6 is 0 Å². The highest BCUT2D eigenvalue weighted by Gasteiger charge is 2.15. The van der Waals surface area contributed by atoms with Gasteiger partial charge >= 0.3 is 11.8 Å². The summed E-state index contributed by atoms with van der Waals surface area (Å²) in [6, 6.07) is 7.40. The number of amides is 2. The van der Waals surface area contributed by atoms with Crippen molar-refractivity contribution in [2.45, 2.75) is 13.3 Å². The number of anilines is 1. The van der Waals surface area contributed by atoms with Gasteiger partial charge in [0.05, 0.1) is 0 Å². The largest absolute Gasteiger partial charge is 0.348 e. The van der Waals surface area contributed by atoms with Crippen molar-refractivity contribution in [3.05, 3.63) is 29.8 Å². The van der Waals surface area contributed by atoms with Crippen molar-refractivity contribution in [1.29, 1.82) is 0 Å². The van der Waals surface area contributed by atoms with Gasteiger partial charge in [0.2, 0.25) is 0 Å². The van der Waals surface area contributed by atoms with Crippen molar-refractivity contribution >= 4 is 17.5 Å². The molecule has 1 fully saturated rings. The highest BCUT2D eigenvalue weighted by Crippen LogP contribution is 2.12. The number of likely N-dealkylation sites (N-methyl/N-ethyl adjacent to an activating group) is 1. The summed E-state index contributed by atoms with van der Waals surface area (Å²) in [5, 5.41) is 5.32. The standard InChI is InChI=1S/C17H26N4O2/c1-14-6-3-4-7-15(14)19-17(23)16(22)18-8-5-9-21-12-10-20(2)11-13-21/h3-4,6-7H,5,8-13H2,1-2H3,(H,18,22)(H,19,23). The number of carbonyl (C=O) groups excluding carboxylic acids is 2. The van der Waals surface area contributed by atoms with E-state index in [4.69, 9.17) is 0 Å². The average Bonchev–Trinajstić information content (AvgIpc) is 2.55. The molecule has 1 heterocycles. The van der Waals surface area contributed by atoms with E-state index < -0.39 is 11.8 Å². The zero-order valence-corrected chi connectivity index (χ0v) is 14.0. The molecule has 0 saturated carbocycles. The van der Waals surface area contributed by atoms with E-state index in [1.807, 2.05) is 25.1 Å². The van der Waals surface area contributed by atoms with Crippen molar-refractivity contribution in [1.82, 2.24) is 15.1 Å². The monoisotopic (exact) mass is 318 g/mol. The maximum atomic E-state index is 11.9. The molecule has 1 aliphatic heterocycles. The van der Waals surface area contributed by atoms with Crippen LogP contribution in [0.1, 0.15) is 12.0 Å². The van der Waals surface area contributed by atoms with Crippen LogP contribution in [-0.2, 0) is 9.59 Å². The molecule has 6 heteroatoms. The molecule has 0 aliphatic carbocycles. The summed E-state index contributed by atoms with van der Waals surface area (Å²) in [4.78, 5) is 28.4. The summed E-state index contributed by atoms with van der Waals surface area (Å²) in [7, 11) is 2.13. The van der Waals surface area contributed by atoms with Crippen molar-refractivity contribution in [2.24, 2.45) is 0 Å². The number of benzene rings is 1. The third kappa shape index (κ3) is 5.65. The lowest BCUT2D eigenvalue weighted by molar-refractivity contribution is -0.136. The van der Waals surface area contributed by atoms with Gasteiger partial charge in [-0.3, -0.25) is 9.59 Å². The molecule has 1 aliphatic rings. The number of rotatable bonds is 5. The minimum Gasteiger partial charge on any atom is -0.348 e. The third-order valence-corrected chi connectivity index (χ3v) is 4.13. The summed E-state index contributed by atoms with van der Waals surface area (Å²) >= 11 is 0. The summed E-state index contributed by atoms with van der Waals surface area (Å²) in [6.45, 7) is 7.68. The van der Waals surface area contributed by atoms with Crippen molar-refractivity contribution in [2.75, 3.05) is 51.6 Å². The second-order valence-corrected chi connectivity index (χ2v) is 6.02. The third-order valence-electron chi connectivity index (χ3n) is 4.13. The van der Waals surface area contributed by atoms with Gasteiger partial charge in [0.1, 0.15) is 0 Å². The number of aryl methyl sites for hydroxylation is 1. The second kappa shape index (κ2) is 8.64. The van der Waals surface area contributed by atoms with E-state index in [0.29, 0.717) is 12.2 Å². The lowest BCUT2D eigenvalue weighted by atomic mass is 10.2. The number of hydrogen-bond donors (Lipinski definition) is 2. The zero-order chi connectivity index (χ0) is 16.7. The number of nitrogens with zero attached hydrogens (tertiary/aromatic N) is 2. The Hall–Kier alpha value is -1.92. The van der Waals surface area contributed by atoms with E-state index in [0.717, 1.165) is 44.7 Å². The molecule has 0 radical (unpaired) electrons. The first-order valence-corrected chi connectivity index (χ1v) is 8.12. The van der Waals surface area contributed by atoms with E-state index in [-0.39, 0.29) is 0 Å². The molecule has 0 unspecified atom stereocenters. The first-order valence-electron chi connectivity index (χ1n) is 8.12. The van der Waals surface area contributed by atoms with E-state index in [1.54, 1.807) is 6.07 Å². The lowest BCUT2D eigenvalue weighted by Gasteiger charge is -2.32. The van der Waals surface area contributed by atoms with Gasteiger partial charge in [0.25, 0.3) is 0 Å². The van der Waals surface area contributed by atoms with Gasteiger partial charge in [-0.1, -0.05) is 18.2 Å². The zero-order valence-electron chi connectivity index (χ0n) is 14.0. The van der Waals surface area contributed by atoms with Crippen LogP contribution in [0.5, 0.6) is 0 Å². The molecule has 1 aromatic carbocycles. The van der Waals surface area contributed by atoms with Gasteiger partial charge in [0.15, 0.2) is 0 Å². The number of carbonyl (C=O) groups is 2. The molecule has 0 aromatic heterocycles. The SMILES string of the molecule is Cc1ccccc1NC(=O)C(=O)NCCCN1CCN(C)CC1. The molecule has 1 aromatic rings. The normalized spacial score (nSPS) is 16.1. The number of para-hydroxylation sites is 1. The minimum absolute atomic E-state index is 0.520. The highest BCUT2D eigenvalue weighted by atomic mass is 16.2. The quantitative estimate of drug-likeness (QED) is 0.619. The van der Waals surface area contributed by atoms with Crippen LogP contribution in [0.25, 0.3) is 0 Å². The Morgan fingerprint density at radius 2 is 1.78 bits per heavy atom. The average molecular weight is 318 g/mol. The van der Waals surface area contributed by atoms with Crippen molar-refractivity contribution in [3.63, 3.8) is 0 Å². The molecule has 0 bridgehead atoms. The molecule has 126 valence electrons.